The molecule has 0 saturated heterocycles. The summed E-state index contributed by atoms with van der Waals surface area (Å²) in [5.74, 6) is 0.289. The summed E-state index contributed by atoms with van der Waals surface area (Å²) in [7, 11) is 0. The van der Waals surface area contributed by atoms with Crippen molar-refractivity contribution in [3.05, 3.63) is 211 Å². The molecule has 0 amide bonds. The monoisotopic (exact) mass is 716 g/mol. The van der Waals surface area contributed by atoms with Crippen LogP contribution in [0.15, 0.2) is 194 Å². The first kappa shape index (κ1) is 32.5. The second-order valence-corrected chi connectivity index (χ2v) is 15.2. The molecule has 0 N–H and O–H groups in total. The molecule has 1 unspecified atom stereocenters. The zero-order chi connectivity index (χ0) is 37.0. The van der Waals surface area contributed by atoms with Crippen LogP contribution in [0.5, 0.6) is 0 Å². The van der Waals surface area contributed by atoms with Crippen LogP contribution in [0.25, 0.3) is 83.5 Å². The van der Waals surface area contributed by atoms with E-state index >= 15 is 0 Å². The predicted octanol–water partition coefficient (Wildman–Crippen LogP) is 14.3. The smallest absolute Gasteiger partial charge is 0.0540 e. The third kappa shape index (κ3) is 5.48. The molecule has 1 atom stereocenters. The van der Waals surface area contributed by atoms with Crippen LogP contribution in [0.2, 0.25) is 0 Å². The molecule has 9 aromatic rings. The molecular formula is C54H40N2. The second-order valence-electron chi connectivity index (χ2n) is 15.2. The van der Waals surface area contributed by atoms with Crippen LogP contribution in [0.3, 0.4) is 0 Å². The number of aromatic nitrogens is 2. The quantitative estimate of drug-likeness (QED) is 0.162. The standard InChI is InChI=1S/C54H40N2/c1-5-28-51-47(24-1)48-25-2-6-29-52(48)55(51)45-22-12-20-43(35-45)41-18-10-16-39(33-41)37-14-9-15-38(32-37)40-17-11-19-42(34-40)44-21-13-23-46(36-44)56-53-30-7-3-26-49(53)50-27-4-8-31-54(50)56/h1-7,9-19,21-30,32-36,43H,8,20,31H2. The minimum Gasteiger partial charge on any atom is -0.313 e. The van der Waals surface area contributed by atoms with E-state index in [4.69, 9.17) is 0 Å². The Kier molecular flexibility index (Phi) is 7.81. The molecule has 0 aliphatic heterocycles. The van der Waals surface area contributed by atoms with Crippen molar-refractivity contribution in [3.63, 3.8) is 0 Å². The fourth-order valence-corrected chi connectivity index (χ4v) is 9.24. The van der Waals surface area contributed by atoms with Crippen molar-refractivity contribution in [3.8, 4) is 39.1 Å². The van der Waals surface area contributed by atoms with Crippen molar-refractivity contribution in [2.24, 2.45) is 0 Å². The fourth-order valence-electron chi connectivity index (χ4n) is 9.24. The number of allylic oxidation sites excluding steroid dienone is 5. The summed E-state index contributed by atoms with van der Waals surface area (Å²) in [5, 5.41) is 3.91. The van der Waals surface area contributed by atoms with E-state index < -0.39 is 0 Å². The van der Waals surface area contributed by atoms with E-state index in [1.165, 1.54) is 94.3 Å². The number of benzene rings is 7. The topological polar surface area (TPSA) is 9.86 Å². The first-order valence-electron chi connectivity index (χ1n) is 19.8. The molecule has 56 heavy (non-hydrogen) atoms. The summed E-state index contributed by atoms with van der Waals surface area (Å²) < 4.78 is 4.90. The van der Waals surface area contributed by atoms with Gasteiger partial charge in [0, 0.05) is 44.7 Å². The average molecular weight is 717 g/mol. The highest BCUT2D eigenvalue weighted by Crippen LogP contribution is 2.39. The highest BCUT2D eigenvalue weighted by atomic mass is 15.0. The normalized spacial score (nSPS) is 15.1. The van der Waals surface area contributed by atoms with Crippen molar-refractivity contribution in [2.45, 2.75) is 25.2 Å². The van der Waals surface area contributed by atoms with Crippen LogP contribution in [-0.4, -0.2) is 9.13 Å². The Morgan fingerprint density at radius 3 is 1.62 bits per heavy atom. The Morgan fingerprint density at radius 2 is 0.964 bits per heavy atom. The lowest BCUT2D eigenvalue weighted by molar-refractivity contribution is 0.850. The van der Waals surface area contributed by atoms with E-state index in [0.717, 1.165) is 19.3 Å². The lowest BCUT2D eigenvalue weighted by Gasteiger charge is -2.20. The van der Waals surface area contributed by atoms with Gasteiger partial charge in [-0.15, -0.1) is 0 Å². The summed E-state index contributed by atoms with van der Waals surface area (Å²) >= 11 is 0. The highest BCUT2D eigenvalue weighted by molar-refractivity contribution is 6.10. The molecule has 0 bridgehead atoms. The van der Waals surface area contributed by atoms with E-state index in [0.29, 0.717) is 0 Å². The van der Waals surface area contributed by atoms with E-state index in [2.05, 4.69) is 209 Å². The third-order valence-corrected chi connectivity index (χ3v) is 11.9. The summed E-state index contributed by atoms with van der Waals surface area (Å²) in [6.45, 7) is 0. The number of para-hydroxylation sites is 3. The maximum atomic E-state index is 2.48. The molecule has 2 heteroatoms. The molecule has 2 aromatic heterocycles. The van der Waals surface area contributed by atoms with Crippen LogP contribution in [-0.2, 0) is 6.42 Å². The van der Waals surface area contributed by atoms with Gasteiger partial charge in [0.1, 0.15) is 0 Å². The van der Waals surface area contributed by atoms with Crippen LogP contribution < -0.4 is 0 Å². The Balaban J connectivity index is 0.910. The first-order valence-corrected chi connectivity index (χ1v) is 19.8. The number of rotatable bonds is 6. The Hall–Kier alpha value is -6.90. The molecule has 2 nitrogen and oxygen atoms in total. The number of fused-ring (bicyclic) bond motifs is 6. The van der Waals surface area contributed by atoms with Crippen LogP contribution >= 0.6 is 0 Å². The third-order valence-electron chi connectivity index (χ3n) is 11.9. The molecule has 0 saturated carbocycles. The van der Waals surface area contributed by atoms with E-state index in [1.54, 1.807) is 0 Å². The van der Waals surface area contributed by atoms with Crippen LogP contribution in [0.4, 0.5) is 0 Å². The van der Waals surface area contributed by atoms with Gasteiger partial charge in [-0.25, -0.2) is 0 Å². The van der Waals surface area contributed by atoms with Crippen molar-refractivity contribution in [2.75, 3.05) is 0 Å². The molecule has 266 valence electrons. The van der Waals surface area contributed by atoms with Gasteiger partial charge in [-0.2, -0.15) is 0 Å². The molecule has 11 rings (SSSR count). The van der Waals surface area contributed by atoms with E-state index in [1.807, 2.05) is 0 Å². The largest absolute Gasteiger partial charge is 0.313 e. The van der Waals surface area contributed by atoms with E-state index in [9.17, 15) is 0 Å². The first-order chi connectivity index (χ1) is 27.8. The van der Waals surface area contributed by atoms with Crippen LogP contribution in [0.1, 0.15) is 35.6 Å². The van der Waals surface area contributed by atoms with Crippen molar-refractivity contribution >= 4 is 44.5 Å². The number of hydrogen-bond acceptors (Lipinski definition) is 0. The van der Waals surface area contributed by atoms with Gasteiger partial charge in [-0.3, -0.25) is 0 Å². The zero-order valence-corrected chi connectivity index (χ0v) is 31.1. The molecule has 7 aromatic carbocycles. The molecule has 2 aliphatic rings. The summed E-state index contributed by atoms with van der Waals surface area (Å²) in [5.41, 5.74) is 17.7. The maximum Gasteiger partial charge on any atom is 0.0540 e. The van der Waals surface area contributed by atoms with Gasteiger partial charge in [-0.05, 0) is 107 Å². The van der Waals surface area contributed by atoms with Gasteiger partial charge in [0.05, 0.1) is 16.6 Å². The van der Waals surface area contributed by atoms with Gasteiger partial charge in [0.2, 0.25) is 0 Å². The fraction of sp³-hybridized carbons (Fsp3) is 0.0741. The average Bonchev–Trinajstić information content (AvgIpc) is 3.80. The van der Waals surface area contributed by atoms with Gasteiger partial charge in [0.25, 0.3) is 0 Å². The maximum absolute atomic E-state index is 2.48. The molecule has 2 aliphatic carbocycles. The van der Waals surface area contributed by atoms with Gasteiger partial charge in [-0.1, -0.05) is 152 Å². The Labute approximate surface area is 327 Å². The molecule has 2 heterocycles. The van der Waals surface area contributed by atoms with Gasteiger partial charge < -0.3 is 9.13 Å². The Morgan fingerprint density at radius 1 is 0.429 bits per heavy atom. The minimum atomic E-state index is 0.289. The SMILES string of the molecule is C1=Cc2c(n(-c3cccc(-c4cccc(-c5cccc(-c6cccc(C7C=C(n8c9ccccc9c9ccccc98)C=CC7)c6)c5)c4)c3)c3ccccc23)CC1. The van der Waals surface area contributed by atoms with E-state index in [-0.39, 0.29) is 5.92 Å². The molecular weight excluding hydrogens is 677 g/mol. The number of hydrogen-bond donors (Lipinski definition) is 0. The summed E-state index contributed by atoms with van der Waals surface area (Å²) in [6, 6.07) is 62.6. The van der Waals surface area contributed by atoms with Crippen LogP contribution in [0, 0.1) is 0 Å². The lowest BCUT2D eigenvalue weighted by Crippen LogP contribution is -2.03. The number of nitrogens with zero attached hydrogens (tertiary/aromatic N) is 2. The molecule has 0 spiro atoms. The lowest BCUT2D eigenvalue weighted by atomic mass is 9.89. The van der Waals surface area contributed by atoms with Crippen molar-refractivity contribution < 1.29 is 0 Å². The van der Waals surface area contributed by atoms with Crippen molar-refractivity contribution in [1.29, 1.82) is 0 Å². The summed E-state index contributed by atoms with van der Waals surface area (Å²) in [6.07, 6.45) is 14.8. The minimum absolute atomic E-state index is 0.289. The second kappa shape index (κ2) is 13.4. The molecule has 0 radical (unpaired) electrons. The summed E-state index contributed by atoms with van der Waals surface area (Å²) in [4.78, 5) is 0. The Bertz CT molecular complexity index is 3020. The van der Waals surface area contributed by atoms with Gasteiger partial charge >= 0.3 is 0 Å². The zero-order valence-electron chi connectivity index (χ0n) is 31.1. The highest BCUT2D eigenvalue weighted by Gasteiger charge is 2.20. The predicted molar refractivity (Wildman–Crippen MR) is 237 cm³/mol. The van der Waals surface area contributed by atoms with Gasteiger partial charge in [0.15, 0.2) is 0 Å². The van der Waals surface area contributed by atoms with Crippen molar-refractivity contribution in [1.82, 2.24) is 9.13 Å². The molecule has 0 fully saturated rings.